The zero-order valence-electron chi connectivity index (χ0n) is 9.98. The van der Waals surface area contributed by atoms with Crippen molar-refractivity contribution in [3.8, 4) is 0 Å². The average molecular weight is 282 g/mol. The number of aromatic nitrogens is 2. The molecular weight excluding hydrogens is 273 g/mol. The third-order valence-corrected chi connectivity index (χ3v) is 2.38. The molecule has 0 aliphatic rings. The highest BCUT2D eigenvalue weighted by molar-refractivity contribution is 5.90. The van der Waals surface area contributed by atoms with Crippen molar-refractivity contribution in [1.29, 1.82) is 0 Å². The summed E-state index contributed by atoms with van der Waals surface area (Å²) in [6.45, 7) is 0. The van der Waals surface area contributed by atoms with Gasteiger partial charge in [-0.15, -0.1) is 0 Å². The minimum Gasteiger partial charge on any atom is -0.364 e. The lowest BCUT2D eigenvalue weighted by molar-refractivity contribution is -0.137. The SMILES string of the molecule is NC(=O)c1ccnc(Nc2ccc(C(F)(F)F)cc2)n1. The Kier molecular flexibility index (Phi) is 3.55. The van der Waals surface area contributed by atoms with Gasteiger partial charge in [0.1, 0.15) is 5.69 Å². The van der Waals surface area contributed by atoms with E-state index in [-0.39, 0.29) is 11.6 Å². The molecule has 0 spiro atoms. The van der Waals surface area contributed by atoms with Crippen LogP contribution in [0.15, 0.2) is 36.5 Å². The number of hydrogen-bond acceptors (Lipinski definition) is 4. The Morgan fingerprint density at radius 3 is 2.35 bits per heavy atom. The predicted octanol–water partition coefficient (Wildman–Crippen LogP) is 2.34. The molecule has 2 aromatic rings. The van der Waals surface area contributed by atoms with Crippen LogP contribution in [0, 0.1) is 0 Å². The molecule has 0 saturated carbocycles. The van der Waals surface area contributed by atoms with E-state index in [1.807, 2.05) is 0 Å². The van der Waals surface area contributed by atoms with Crippen LogP contribution in [0.2, 0.25) is 0 Å². The van der Waals surface area contributed by atoms with Crippen molar-refractivity contribution >= 4 is 17.5 Å². The Labute approximate surface area is 111 Å². The molecular formula is C12H9F3N4O. The number of nitrogens with one attached hydrogen (secondary N) is 1. The number of alkyl halides is 3. The fourth-order valence-electron chi connectivity index (χ4n) is 1.43. The topological polar surface area (TPSA) is 80.9 Å². The van der Waals surface area contributed by atoms with Crippen molar-refractivity contribution in [3.05, 3.63) is 47.8 Å². The van der Waals surface area contributed by atoms with Crippen LogP contribution in [0.4, 0.5) is 24.8 Å². The number of carbonyl (C=O) groups excluding carboxylic acids is 1. The fourth-order valence-corrected chi connectivity index (χ4v) is 1.43. The lowest BCUT2D eigenvalue weighted by atomic mass is 10.2. The molecule has 8 heteroatoms. The van der Waals surface area contributed by atoms with Gasteiger partial charge in [0.2, 0.25) is 5.95 Å². The van der Waals surface area contributed by atoms with E-state index in [4.69, 9.17) is 5.73 Å². The number of anilines is 2. The highest BCUT2D eigenvalue weighted by atomic mass is 19.4. The summed E-state index contributed by atoms with van der Waals surface area (Å²) >= 11 is 0. The second kappa shape index (κ2) is 5.16. The lowest BCUT2D eigenvalue weighted by Gasteiger charge is -2.08. The van der Waals surface area contributed by atoms with Crippen LogP contribution < -0.4 is 11.1 Å². The number of rotatable bonds is 3. The molecule has 1 aromatic carbocycles. The van der Waals surface area contributed by atoms with Crippen molar-refractivity contribution < 1.29 is 18.0 Å². The first-order chi connectivity index (χ1) is 9.36. The van der Waals surface area contributed by atoms with Gasteiger partial charge in [-0.3, -0.25) is 4.79 Å². The highest BCUT2D eigenvalue weighted by Gasteiger charge is 2.29. The monoisotopic (exact) mass is 282 g/mol. The van der Waals surface area contributed by atoms with Crippen LogP contribution in [0.25, 0.3) is 0 Å². The molecule has 1 amide bonds. The minimum atomic E-state index is -4.39. The van der Waals surface area contributed by atoms with E-state index in [0.29, 0.717) is 5.69 Å². The van der Waals surface area contributed by atoms with E-state index in [9.17, 15) is 18.0 Å². The average Bonchev–Trinajstić information content (AvgIpc) is 2.38. The second-order valence-corrected chi connectivity index (χ2v) is 3.83. The van der Waals surface area contributed by atoms with Crippen LogP contribution in [-0.2, 0) is 6.18 Å². The van der Waals surface area contributed by atoms with Gasteiger partial charge >= 0.3 is 6.18 Å². The van der Waals surface area contributed by atoms with Crippen molar-refractivity contribution in [1.82, 2.24) is 9.97 Å². The Morgan fingerprint density at radius 2 is 1.80 bits per heavy atom. The number of primary amides is 1. The minimum absolute atomic E-state index is 0.00871. The molecule has 104 valence electrons. The Balaban J connectivity index is 2.18. The van der Waals surface area contributed by atoms with Gasteiger partial charge in [-0.2, -0.15) is 13.2 Å². The van der Waals surface area contributed by atoms with Crippen LogP contribution in [0.3, 0.4) is 0 Å². The summed E-state index contributed by atoms with van der Waals surface area (Å²) in [6.07, 6.45) is -3.07. The van der Waals surface area contributed by atoms with Gasteiger partial charge in [-0.1, -0.05) is 0 Å². The molecule has 0 aliphatic carbocycles. The van der Waals surface area contributed by atoms with Crippen molar-refractivity contribution in [3.63, 3.8) is 0 Å². The zero-order chi connectivity index (χ0) is 14.8. The van der Waals surface area contributed by atoms with Gasteiger partial charge in [0.15, 0.2) is 0 Å². The molecule has 0 aliphatic heterocycles. The number of amides is 1. The first-order valence-corrected chi connectivity index (χ1v) is 5.43. The summed E-state index contributed by atoms with van der Waals surface area (Å²) in [7, 11) is 0. The number of hydrogen-bond donors (Lipinski definition) is 2. The number of carbonyl (C=O) groups is 1. The van der Waals surface area contributed by atoms with E-state index < -0.39 is 17.6 Å². The molecule has 0 unspecified atom stereocenters. The predicted molar refractivity (Wildman–Crippen MR) is 65.3 cm³/mol. The molecule has 1 heterocycles. The van der Waals surface area contributed by atoms with E-state index >= 15 is 0 Å². The number of halogens is 3. The molecule has 5 nitrogen and oxygen atoms in total. The first kappa shape index (κ1) is 13.8. The number of nitrogens with two attached hydrogens (primary N) is 1. The lowest BCUT2D eigenvalue weighted by Crippen LogP contribution is -2.14. The molecule has 0 atom stereocenters. The van der Waals surface area contributed by atoms with Gasteiger partial charge in [0.05, 0.1) is 5.56 Å². The zero-order valence-corrected chi connectivity index (χ0v) is 9.98. The van der Waals surface area contributed by atoms with Crippen molar-refractivity contribution in [2.45, 2.75) is 6.18 Å². The summed E-state index contributed by atoms with van der Waals surface area (Å²) in [6, 6.07) is 5.67. The summed E-state index contributed by atoms with van der Waals surface area (Å²) in [5, 5.41) is 2.68. The molecule has 1 aromatic heterocycles. The summed E-state index contributed by atoms with van der Waals surface area (Å²) < 4.78 is 37.2. The van der Waals surface area contributed by atoms with Crippen LogP contribution >= 0.6 is 0 Å². The largest absolute Gasteiger partial charge is 0.416 e. The van der Waals surface area contributed by atoms with Gasteiger partial charge < -0.3 is 11.1 Å². The maximum atomic E-state index is 12.4. The molecule has 2 rings (SSSR count). The Bertz CT molecular complexity index is 625. The highest BCUT2D eigenvalue weighted by Crippen LogP contribution is 2.30. The fraction of sp³-hybridized carbons (Fsp3) is 0.0833. The summed E-state index contributed by atoms with van der Waals surface area (Å²) in [5.74, 6) is -0.649. The second-order valence-electron chi connectivity index (χ2n) is 3.83. The quantitative estimate of drug-likeness (QED) is 0.905. The number of nitrogens with zero attached hydrogens (tertiary/aromatic N) is 2. The third-order valence-electron chi connectivity index (χ3n) is 2.38. The first-order valence-electron chi connectivity index (χ1n) is 5.43. The maximum Gasteiger partial charge on any atom is 0.416 e. The van der Waals surface area contributed by atoms with E-state index in [1.165, 1.54) is 24.4 Å². The standard InChI is InChI=1S/C12H9F3N4O/c13-12(14,15)7-1-3-8(4-2-7)18-11-17-6-5-9(19-11)10(16)20/h1-6H,(H2,16,20)(H,17,18,19). The molecule has 3 N–H and O–H groups in total. The molecule has 0 bridgehead atoms. The molecule has 0 fully saturated rings. The smallest absolute Gasteiger partial charge is 0.364 e. The van der Waals surface area contributed by atoms with Crippen LogP contribution in [0.5, 0.6) is 0 Å². The summed E-state index contributed by atoms with van der Waals surface area (Å²) in [4.78, 5) is 18.6. The van der Waals surface area contributed by atoms with Gasteiger partial charge in [-0.25, -0.2) is 9.97 Å². The normalized spacial score (nSPS) is 11.2. The Hall–Kier alpha value is -2.64. The molecule has 0 radical (unpaired) electrons. The van der Waals surface area contributed by atoms with Crippen LogP contribution in [-0.4, -0.2) is 15.9 Å². The van der Waals surface area contributed by atoms with E-state index in [2.05, 4.69) is 15.3 Å². The molecule has 0 saturated heterocycles. The van der Waals surface area contributed by atoms with Gasteiger partial charge in [0.25, 0.3) is 5.91 Å². The Morgan fingerprint density at radius 1 is 1.15 bits per heavy atom. The maximum absolute atomic E-state index is 12.4. The molecule has 20 heavy (non-hydrogen) atoms. The third kappa shape index (κ3) is 3.22. The van der Waals surface area contributed by atoms with Crippen molar-refractivity contribution in [2.75, 3.05) is 5.32 Å². The number of benzene rings is 1. The van der Waals surface area contributed by atoms with E-state index in [1.54, 1.807) is 0 Å². The van der Waals surface area contributed by atoms with Gasteiger partial charge in [-0.05, 0) is 30.3 Å². The van der Waals surface area contributed by atoms with Gasteiger partial charge in [0, 0.05) is 11.9 Å². The van der Waals surface area contributed by atoms with E-state index in [0.717, 1.165) is 12.1 Å². The van der Waals surface area contributed by atoms with Crippen molar-refractivity contribution in [2.24, 2.45) is 5.73 Å². The summed E-state index contributed by atoms with van der Waals surface area (Å²) in [5.41, 5.74) is 4.68. The van der Waals surface area contributed by atoms with Crippen LogP contribution in [0.1, 0.15) is 16.1 Å².